The Morgan fingerprint density at radius 1 is 1.16 bits per heavy atom. The van der Waals surface area contributed by atoms with Crippen LogP contribution in [0.4, 0.5) is 4.79 Å². The number of aliphatic carboxylic acids is 1. The minimum absolute atomic E-state index is 0.0864. The average Bonchev–Trinajstić information content (AvgIpc) is 2.69. The Labute approximate surface area is 113 Å². The van der Waals surface area contributed by atoms with Crippen LogP contribution >= 0.6 is 0 Å². The average molecular weight is 270 g/mol. The Morgan fingerprint density at radius 3 is 2.79 bits per heavy atom. The number of rotatable bonds is 3. The molecule has 0 saturated carbocycles. The number of amides is 2. The summed E-state index contributed by atoms with van der Waals surface area (Å²) in [6.45, 7) is 4.21. The summed E-state index contributed by atoms with van der Waals surface area (Å²) >= 11 is 0. The highest BCUT2D eigenvalue weighted by molar-refractivity contribution is 5.74. The van der Waals surface area contributed by atoms with Crippen molar-refractivity contribution in [2.24, 2.45) is 5.92 Å². The fourth-order valence-electron chi connectivity index (χ4n) is 2.71. The lowest BCUT2D eigenvalue weighted by Crippen LogP contribution is -2.43. The van der Waals surface area contributed by atoms with Crippen LogP contribution in [0.25, 0.3) is 0 Å². The van der Waals surface area contributed by atoms with Crippen molar-refractivity contribution in [2.75, 3.05) is 39.4 Å². The van der Waals surface area contributed by atoms with E-state index in [4.69, 9.17) is 9.84 Å². The molecule has 2 saturated heterocycles. The van der Waals surface area contributed by atoms with Gasteiger partial charge in [-0.2, -0.15) is 0 Å². The molecule has 0 aliphatic carbocycles. The minimum Gasteiger partial charge on any atom is -0.481 e. The maximum atomic E-state index is 12.3. The zero-order valence-electron chi connectivity index (χ0n) is 11.2. The summed E-state index contributed by atoms with van der Waals surface area (Å²) in [6, 6.07) is 0.0864. The molecular formula is C13H22N2O4. The molecule has 0 aromatic carbocycles. The summed E-state index contributed by atoms with van der Waals surface area (Å²) < 4.78 is 5.35. The van der Waals surface area contributed by atoms with Crippen molar-refractivity contribution < 1.29 is 19.4 Å². The third kappa shape index (κ3) is 4.09. The Hall–Kier alpha value is -1.30. The van der Waals surface area contributed by atoms with E-state index in [2.05, 4.69) is 0 Å². The largest absolute Gasteiger partial charge is 0.481 e. The maximum Gasteiger partial charge on any atom is 0.320 e. The first kappa shape index (κ1) is 14.1. The van der Waals surface area contributed by atoms with Crippen molar-refractivity contribution in [1.29, 1.82) is 0 Å². The van der Waals surface area contributed by atoms with Crippen molar-refractivity contribution >= 4 is 12.0 Å². The lowest BCUT2D eigenvalue weighted by Gasteiger charge is -2.26. The first-order valence-corrected chi connectivity index (χ1v) is 7.00. The summed E-state index contributed by atoms with van der Waals surface area (Å²) in [5, 5.41) is 8.68. The van der Waals surface area contributed by atoms with Gasteiger partial charge in [-0.25, -0.2) is 4.79 Å². The van der Waals surface area contributed by atoms with Crippen molar-refractivity contribution in [1.82, 2.24) is 9.80 Å². The van der Waals surface area contributed by atoms with Crippen LogP contribution < -0.4 is 0 Å². The third-order valence-corrected chi connectivity index (χ3v) is 3.82. The van der Waals surface area contributed by atoms with E-state index >= 15 is 0 Å². The first-order chi connectivity index (χ1) is 9.16. The number of ether oxygens (including phenoxy) is 1. The second kappa shape index (κ2) is 6.75. The van der Waals surface area contributed by atoms with E-state index in [0.717, 1.165) is 32.5 Å². The molecule has 19 heavy (non-hydrogen) atoms. The molecule has 6 nitrogen and oxygen atoms in total. The van der Waals surface area contributed by atoms with Crippen molar-refractivity contribution in [3.63, 3.8) is 0 Å². The molecule has 1 unspecified atom stereocenters. The molecular weight excluding hydrogens is 248 g/mol. The van der Waals surface area contributed by atoms with Crippen LogP contribution in [0.1, 0.15) is 25.7 Å². The van der Waals surface area contributed by atoms with Crippen LogP contribution in [0.3, 0.4) is 0 Å². The molecule has 2 aliphatic heterocycles. The van der Waals surface area contributed by atoms with Crippen LogP contribution in [0.5, 0.6) is 0 Å². The van der Waals surface area contributed by atoms with Crippen LogP contribution in [0.2, 0.25) is 0 Å². The van der Waals surface area contributed by atoms with Crippen molar-refractivity contribution in [3.05, 3.63) is 0 Å². The van der Waals surface area contributed by atoms with E-state index in [1.165, 1.54) is 0 Å². The second-order valence-electron chi connectivity index (χ2n) is 5.27. The number of urea groups is 1. The predicted octanol–water partition coefficient (Wildman–Crippen LogP) is 1.02. The van der Waals surface area contributed by atoms with Gasteiger partial charge < -0.3 is 19.6 Å². The second-order valence-corrected chi connectivity index (χ2v) is 5.27. The number of hydrogen-bond donors (Lipinski definition) is 1. The Bertz CT molecular complexity index is 327. The minimum atomic E-state index is -0.755. The molecule has 0 spiro atoms. The molecule has 108 valence electrons. The highest BCUT2D eigenvalue weighted by Gasteiger charge is 2.29. The van der Waals surface area contributed by atoms with Gasteiger partial charge in [0.1, 0.15) is 0 Å². The van der Waals surface area contributed by atoms with Crippen LogP contribution in [0.15, 0.2) is 0 Å². The number of carboxylic acids is 1. The van der Waals surface area contributed by atoms with Gasteiger partial charge in [-0.1, -0.05) is 0 Å². The van der Waals surface area contributed by atoms with Gasteiger partial charge in [0.05, 0.1) is 6.61 Å². The number of likely N-dealkylation sites (tertiary alicyclic amines) is 1. The molecule has 2 aliphatic rings. The molecule has 2 heterocycles. The maximum absolute atomic E-state index is 12.3. The lowest BCUT2D eigenvalue weighted by atomic mass is 10.0. The molecule has 1 atom stereocenters. The lowest BCUT2D eigenvalue weighted by molar-refractivity contribution is -0.137. The van der Waals surface area contributed by atoms with E-state index in [0.29, 0.717) is 32.0 Å². The molecule has 6 heteroatoms. The van der Waals surface area contributed by atoms with Gasteiger partial charge in [-0.15, -0.1) is 0 Å². The number of carboxylic acid groups (broad SMARTS) is 1. The molecule has 2 amide bonds. The number of hydrogen-bond acceptors (Lipinski definition) is 3. The quantitative estimate of drug-likeness (QED) is 0.831. The molecule has 0 bridgehead atoms. The standard InChI is InChI=1S/C13H22N2O4/c16-12(17)3-2-11-4-6-15(10-11)13(18)14-5-1-8-19-9-7-14/h11H,1-10H2,(H,16,17). The molecule has 0 aromatic heterocycles. The van der Waals surface area contributed by atoms with Crippen LogP contribution in [0, 0.1) is 5.92 Å². The highest BCUT2D eigenvalue weighted by atomic mass is 16.5. The van der Waals surface area contributed by atoms with Gasteiger partial charge in [0.25, 0.3) is 0 Å². The van der Waals surface area contributed by atoms with Crippen molar-refractivity contribution in [2.45, 2.75) is 25.7 Å². The zero-order valence-corrected chi connectivity index (χ0v) is 11.2. The normalized spacial score (nSPS) is 24.3. The highest BCUT2D eigenvalue weighted by Crippen LogP contribution is 2.22. The van der Waals surface area contributed by atoms with Gasteiger partial charge in [0, 0.05) is 39.2 Å². The molecule has 0 radical (unpaired) electrons. The SMILES string of the molecule is O=C(O)CCC1CCN(C(=O)N2CCCOCC2)C1. The van der Waals surface area contributed by atoms with Crippen LogP contribution in [-0.2, 0) is 9.53 Å². The molecule has 1 N–H and O–H groups in total. The summed E-state index contributed by atoms with van der Waals surface area (Å²) in [6.07, 6.45) is 2.68. The Kier molecular flexibility index (Phi) is 5.01. The molecule has 0 aromatic rings. The fraction of sp³-hybridized carbons (Fsp3) is 0.846. The summed E-state index contributed by atoms with van der Waals surface area (Å²) in [5.74, 6) is -0.419. The number of nitrogens with zero attached hydrogens (tertiary/aromatic N) is 2. The molecule has 2 rings (SSSR count). The van der Waals surface area contributed by atoms with E-state index in [1.54, 1.807) is 0 Å². The van der Waals surface area contributed by atoms with Gasteiger partial charge in [-0.3, -0.25) is 4.79 Å². The summed E-state index contributed by atoms with van der Waals surface area (Å²) in [4.78, 5) is 26.6. The zero-order chi connectivity index (χ0) is 13.7. The first-order valence-electron chi connectivity index (χ1n) is 7.00. The van der Waals surface area contributed by atoms with E-state index in [-0.39, 0.29) is 12.5 Å². The van der Waals surface area contributed by atoms with E-state index in [9.17, 15) is 9.59 Å². The van der Waals surface area contributed by atoms with Crippen LogP contribution in [-0.4, -0.2) is 66.3 Å². The van der Waals surface area contributed by atoms with Crippen molar-refractivity contribution in [3.8, 4) is 0 Å². The predicted molar refractivity (Wildman–Crippen MR) is 69.0 cm³/mol. The van der Waals surface area contributed by atoms with Gasteiger partial charge >= 0.3 is 12.0 Å². The number of carbonyl (C=O) groups excluding carboxylic acids is 1. The topological polar surface area (TPSA) is 70.1 Å². The van der Waals surface area contributed by atoms with E-state index in [1.807, 2.05) is 9.80 Å². The Balaban J connectivity index is 1.78. The summed E-state index contributed by atoms with van der Waals surface area (Å²) in [5.41, 5.74) is 0. The van der Waals surface area contributed by atoms with Gasteiger partial charge in [-0.05, 0) is 25.2 Å². The van der Waals surface area contributed by atoms with Gasteiger partial charge in [0.15, 0.2) is 0 Å². The number of carbonyl (C=O) groups is 2. The smallest absolute Gasteiger partial charge is 0.320 e. The fourth-order valence-corrected chi connectivity index (χ4v) is 2.71. The third-order valence-electron chi connectivity index (χ3n) is 3.82. The van der Waals surface area contributed by atoms with Gasteiger partial charge in [0.2, 0.25) is 0 Å². The monoisotopic (exact) mass is 270 g/mol. The Morgan fingerprint density at radius 2 is 2.00 bits per heavy atom. The van der Waals surface area contributed by atoms with E-state index < -0.39 is 5.97 Å². The summed E-state index contributed by atoms with van der Waals surface area (Å²) in [7, 11) is 0. The molecule has 2 fully saturated rings.